The van der Waals surface area contributed by atoms with Crippen LogP contribution in [0.2, 0.25) is 0 Å². The van der Waals surface area contributed by atoms with Gasteiger partial charge in [-0.15, -0.1) is 22.7 Å². The van der Waals surface area contributed by atoms with Gasteiger partial charge in [0.25, 0.3) is 0 Å². The number of para-hydroxylation sites is 5. The molecule has 20 rings (SSSR count). The average Bonchev–Trinajstić information content (AvgIpc) is 1.02. The maximum Gasteiger partial charge on any atom is 0.136 e. The zero-order valence-electron chi connectivity index (χ0n) is 51.3. The van der Waals surface area contributed by atoms with Crippen molar-refractivity contribution in [2.75, 3.05) is 0 Å². The smallest absolute Gasteiger partial charge is 0.136 e. The van der Waals surface area contributed by atoms with E-state index >= 15 is 0 Å². The molecule has 6 nitrogen and oxygen atoms in total. The molecule has 0 N–H and O–H groups in total. The van der Waals surface area contributed by atoms with Crippen molar-refractivity contribution < 1.29 is 8.83 Å². The number of fused-ring (bicyclic) bond motifs is 14. The van der Waals surface area contributed by atoms with Gasteiger partial charge in [-0.05, 0) is 129 Å². The van der Waals surface area contributed by atoms with Gasteiger partial charge in [0.2, 0.25) is 0 Å². The van der Waals surface area contributed by atoms with Gasteiger partial charge in [-0.25, -0.2) is 19.9 Å². The molecule has 0 saturated heterocycles. The van der Waals surface area contributed by atoms with Crippen molar-refractivity contribution in [1.82, 2.24) is 19.9 Å². The van der Waals surface area contributed by atoms with E-state index in [1.165, 1.54) is 4.70 Å². The van der Waals surface area contributed by atoms with Crippen molar-refractivity contribution in [2.45, 2.75) is 0 Å². The molecule has 0 unspecified atom stereocenters. The Morgan fingerprint density at radius 1 is 0.208 bits per heavy atom. The molecule has 0 amide bonds. The Morgan fingerprint density at radius 2 is 0.604 bits per heavy atom. The van der Waals surface area contributed by atoms with Crippen molar-refractivity contribution in [3.63, 3.8) is 0 Å². The van der Waals surface area contributed by atoms with Crippen LogP contribution in [0.3, 0.4) is 0 Å². The van der Waals surface area contributed by atoms with Gasteiger partial charge >= 0.3 is 0 Å². The van der Waals surface area contributed by atoms with Crippen molar-refractivity contribution in [2.24, 2.45) is 0 Å². The highest BCUT2D eigenvalue weighted by atomic mass is 32.1. The Bertz CT molecular complexity index is 6560. The lowest BCUT2D eigenvalue weighted by atomic mass is 9.88. The standard InChI is InChI=1S/C88H50N4O2S2/c1-2-18-52(19-3-1)85-67-49-75-83(65-30-6-11-35-73(65)93-75)79(81(67)63-28-4-8-32-69(63)89-85)59-24-14-20-54(44-59)51-38-40-53(41-39-51)87-92-72-48-58(42-43-78(72)96-87)56-22-16-26-61(46-56)86-68-50-76-84(66-31-7-12-36-74(66)94-76)80(82(68)64-29-5-9-33-70(64)90-86)60-25-15-21-55(45-60)57-23-17-27-62(47-57)88-91-71-34-10-13-37-77(71)95-88/h1-50H. The van der Waals surface area contributed by atoms with Crippen LogP contribution in [-0.2, 0) is 0 Å². The Labute approximate surface area is 558 Å². The topological polar surface area (TPSA) is 77.8 Å². The summed E-state index contributed by atoms with van der Waals surface area (Å²) in [5.74, 6) is 0. The molecule has 96 heavy (non-hydrogen) atoms. The Hall–Kier alpha value is -12.2. The molecule has 14 aromatic carbocycles. The molecule has 0 radical (unpaired) electrons. The van der Waals surface area contributed by atoms with Crippen LogP contribution in [0.15, 0.2) is 312 Å². The molecule has 446 valence electrons. The SMILES string of the molecule is c1ccc(-c2nc3ccccc3c3c(-c4cccc(-c5ccc(-c6nc7cc(-c8cccc(-c9nc%10ccccc%10c%10c(-c%11cccc(-c%12cccc(-c%13nc%14ccccc%14s%13)c%12)c%11)c%11c(cc9%10)oc9ccccc9%11)c8)ccc7s6)cc5)c4)c4c(cc23)oc2ccccc24)cc1. The van der Waals surface area contributed by atoms with E-state index < -0.39 is 0 Å². The number of nitrogens with zero attached hydrogens (tertiary/aromatic N) is 4. The minimum atomic E-state index is 0.817. The van der Waals surface area contributed by atoms with E-state index in [1.54, 1.807) is 22.7 Å². The largest absolute Gasteiger partial charge is 0.456 e. The van der Waals surface area contributed by atoms with E-state index in [-0.39, 0.29) is 0 Å². The van der Waals surface area contributed by atoms with Gasteiger partial charge in [-0.1, -0.05) is 218 Å². The summed E-state index contributed by atoms with van der Waals surface area (Å²) in [5.41, 5.74) is 24.4. The van der Waals surface area contributed by atoms with Crippen LogP contribution in [0.5, 0.6) is 0 Å². The van der Waals surface area contributed by atoms with E-state index in [0.717, 1.165) is 202 Å². The Balaban J connectivity index is 0.660. The van der Waals surface area contributed by atoms with E-state index in [1.807, 2.05) is 12.1 Å². The van der Waals surface area contributed by atoms with Gasteiger partial charge in [0.1, 0.15) is 32.3 Å². The average molecular weight is 1260 g/mol. The molecule has 0 fully saturated rings. The highest BCUT2D eigenvalue weighted by Crippen LogP contribution is 2.50. The van der Waals surface area contributed by atoms with Gasteiger partial charge in [0.15, 0.2) is 0 Å². The maximum atomic E-state index is 6.86. The fraction of sp³-hybridized carbons (Fsp3) is 0. The maximum absolute atomic E-state index is 6.86. The lowest BCUT2D eigenvalue weighted by Gasteiger charge is -2.17. The van der Waals surface area contributed by atoms with Crippen molar-refractivity contribution >= 4 is 130 Å². The first kappa shape index (κ1) is 54.4. The van der Waals surface area contributed by atoms with E-state index in [9.17, 15) is 0 Å². The van der Waals surface area contributed by atoms with Gasteiger partial charge in [-0.2, -0.15) is 0 Å². The summed E-state index contributed by atoms with van der Waals surface area (Å²) in [6.07, 6.45) is 0. The monoisotopic (exact) mass is 1260 g/mol. The number of pyridine rings is 2. The van der Waals surface area contributed by atoms with Crippen LogP contribution in [0, 0.1) is 0 Å². The molecule has 6 heterocycles. The third-order valence-corrected chi connectivity index (χ3v) is 21.2. The minimum Gasteiger partial charge on any atom is -0.456 e. The molecule has 6 aromatic heterocycles. The predicted octanol–water partition coefficient (Wildman–Crippen LogP) is 25.1. The first-order valence-corrected chi connectivity index (χ1v) is 33.9. The molecule has 0 bridgehead atoms. The van der Waals surface area contributed by atoms with E-state index in [4.69, 9.17) is 28.8 Å². The summed E-state index contributed by atoms with van der Waals surface area (Å²) in [6, 6.07) is 108. The van der Waals surface area contributed by atoms with Crippen LogP contribution in [0.25, 0.3) is 207 Å². The molecule has 0 saturated carbocycles. The molecule has 0 aliphatic heterocycles. The van der Waals surface area contributed by atoms with Gasteiger partial charge < -0.3 is 8.83 Å². The molecule has 8 heteroatoms. The molecule has 0 spiro atoms. The van der Waals surface area contributed by atoms with E-state index in [2.05, 4.69) is 291 Å². The number of furan rings is 2. The van der Waals surface area contributed by atoms with Crippen molar-refractivity contribution in [1.29, 1.82) is 0 Å². The number of rotatable bonds is 9. The quantitative estimate of drug-likeness (QED) is 0.134. The zero-order chi connectivity index (χ0) is 63.0. The minimum absolute atomic E-state index is 0.817. The lowest BCUT2D eigenvalue weighted by molar-refractivity contribution is 0.669. The predicted molar refractivity (Wildman–Crippen MR) is 402 cm³/mol. The molecular weight excluding hydrogens is 1210 g/mol. The molecular formula is C88H50N4O2S2. The summed E-state index contributed by atoms with van der Waals surface area (Å²) in [4.78, 5) is 21.2. The number of hydrogen-bond acceptors (Lipinski definition) is 8. The third kappa shape index (κ3) is 8.84. The number of thiazole rings is 2. The van der Waals surface area contributed by atoms with Crippen molar-refractivity contribution in [3.05, 3.63) is 303 Å². The molecule has 0 aliphatic carbocycles. The summed E-state index contributed by atoms with van der Waals surface area (Å²) >= 11 is 3.44. The van der Waals surface area contributed by atoms with Crippen LogP contribution < -0.4 is 0 Å². The third-order valence-electron chi connectivity index (χ3n) is 19.1. The normalized spacial score (nSPS) is 12.0. The van der Waals surface area contributed by atoms with Crippen molar-refractivity contribution in [3.8, 4) is 99.3 Å². The second-order valence-corrected chi connectivity index (χ2v) is 26.8. The zero-order valence-corrected chi connectivity index (χ0v) is 52.9. The fourth-order valence-corrected chi connectivity index (χ4v) is 16.6. The summed E-state index contributed by atoms with van der Waals surface area (Å²) in [5, 5.41) is 12.9. The molecule has 0 atom stereocenters. The van der Waals surface area contributed by atoms with Crippen LogP contribution in [0.1, 0.15) is 0 Å². The first-order chi connectivity index (χ1) is 47.5. The Kier molecular flexibility index (Phi) is 12.3. The summed E-state index contributed by atoms with van der Waals surface area (Å²) < 4.78 is 15.9. The molecule has 20 aromatic rings. The summed E-state index contributed by atoms with van der Waals surface area (Å²) in [7, 11) is 0. The highest BCUT2D eigenvalue weighted by Gasteiger charge is 2.25. The summed E-state index contributed by atoms with van der Waals surface area (Å²) in [6.45, 7) is 0. The van der Waals surface area contributed by atoms with Gasteiger partial charge in [-0.3, -0.25) is 0 Å². The number of aromatic nitrogens is 4. The van der Waals surface area contributed by atoms with Crippen LogP contribution >= 0.6 is 22.7 Å². The van der Waals surface area contributed by atoms with Gasteiger partial charge in [0.05, 0.1) is 42.9 Å². The van der Waals surface area contributed by atoms with Crippen LogP contribution in [-0.4, -0.2) is 19.9 Å². The fourth-order valence-electron chi connectivity index (χ4n) is 14.7. The first-order valence-electron chi connectivity index (χ1n) is 32.2. The van der Waals surface area contributed by atoms with Crippen LogP contribution in [0.4, 0.5) is 0 Å². The lowest BCUT2D eigenvalue weighted by Crippen LogP contribution is -1.93. The number of benzene rings is 14. The van der Waals surface area contributed by atoms with E-state index in [0.29, 0.717) is 0 Å². The van der Waals surface area contributed by atoms with Gasteiger partial charge in [0, 0.05) is 87.2 Å². The second kappa shape index (κ2) is 21.7. The number of hydrogen-bond donors (Lipinski definition) is 0. The highest BCUT2D eigenvalue weighted by molar-refractivity contribution is 7.22. The Morgan fingerprint density at radius 3 is 1.20 bits per heavy atom. The molecule has 0 aliphatic rings. The second-order valence-electron chi connectivity index (χ2n) is 24.7.